The summed E-state index contributed by atoms with van der Waals surface area (Å²) in [5.74, 6) is 0.673. The maximum atomic E-state index is 12.2. The van der Waals surface area contributed by atoms with Crippen LogP contribution in [0.4, 0.5) is 0 Å². The van der Waals surface area contributed by atoms with Crippen molar-refractivity contribution in [3.8, 4) is 5.88 Å². The van der Waals surface area contributed by atoms with Crippen molar-refractivity contribution in [2.75, 3.05) is 6.61 Å². The summed E-state index contributed by atoms with van der Waals surface area (Å²) >= 11 is -1.08. The topological polar surface area (TPSA) is 57.2 Å². The summed E-state index contributed by atoms with van der Waals surface area (Å²) in [5, 5.41) is 0. The molecule has 1 aliphatic rings. The number of rotatable bonds is 3. The van der Waals surface area contributed by atoms with Gasteiger partial charge in [0.2, 0.25) is 5.88 Å². The number of nitrogens with zero attached hydrogens (tertiary/aromatic N) is 1. The van der Waals surface area contributed by atoms with E-state index in [1.807, 2.05) is 27.0 Å². The summed E-state index contributed by atoms with van der Waals surface area (Å²) in [6.07, 6.45) is 3.61. The van der Waals surface area contributed by atoms with Crippen molar-refractivity contribution in [2.24, 2.45) is 0 Å². The molecule has 1 aliphatic heterocycles. The third-order valence-electron chi connectivity index (χ3n) is 3.17. The predicted octanol–water partition coefficient (Wildman–Crippen LogP) is 2.52. The summed E-state index contributed by atoms with van der Waals surface area (Å²) in [4.78, 5) is 4.35. The van der Waals surface area contributed by atoms with E-state index in [2.05, 4.69) is 22.7 Å². The van der Waals surface area contributed by atoms with Gasteiger partial charge in [-0.25, -0.2) is 4.98 Å². The molecule has 0 saturated carbocycles. The zero-order valence-electron chi connectivity index (χ0n) is 12.0. The summed E-state index contributed by atoms with van der Waals surface area (Å²) in [5.41, 5.74) is 2.21. The monoisotopic (exact) mass is 282 g/mol. The zero-order chi connectivity index (χ0) is 14.0. The molecule has 0 radical (unpaired) electrons. The minimum Gasteiger partial charge on any atom is -0.598 e. The number of aromatic nitrogens is 1. The molecule has 2 heterocycles. The maximum Gasteiger partial charge on any atom is 0.218 e. The Morgan fingerprint density at radius 1 is 1.53 bits per heavy atom. The number of hydrogen-bond donors (Lipinski definition) is 1. The standard InChI is InChI=1S/C14H22N2O2S/c1-5-10-8-11-12(16-19(17)14(2,3)4)6-7-18-13(11)15-9-10/h8-9,12,16H,5-7H2,1-4H3. The number of fused-ring (bicyclic) bond motifs is 1. The van der Waals surface area contributed by atoms with Gasteiger partial charge in [0, 0.05) is 29.5 Å². The molecule has 1 N–H and O–H groups in total. The average molecular weight is 282 g/mol. The van der Waals surface area contributed by atoms with E-state index in [1.54, 1.807) is 0 Å². The van der Waals surface area contributed by atoms with Gasteiger partial charge in [-0.2, -0.15) is 0 Å². The third-order valence-corrected chi connectivity index (χ3v) is 4.78. The van der Waals surface area contributed by atoms with Gasteiger partial charge in [-0.15, -0.1) is 4.72 Å². The second-order valence-electron chi connectivity index (χ2n) is 5.78. The van der Waals surface area contributed by atoms with E-state index in [1.165, 1.54) is 5.56 Å². The first-order valence-corrected chi connectivity index (χ1v) is 7.86. The minimum atomic E-state index is -1.08. The Morgan fingerprint density at radius 2 is 2.26 bits per heavy atom. The molecule has 4 nitrogen and oxygen atoms in total. The third kappa shape index (κ3) is 3.41. The van der Waals surface area contributed by atoms with Gasteiger partial charge in [-0.05, 0) is 38.8 Å². The lowest BCUT2D eigenvalue weighted by atomic mass is 10.0. The van der Waals surface area contributed by atoms with Gasteiger partial charge in [-0.1, -0.05) is 6.92 Å². The van der Waals surface area contributed by atoms with Crippen molar-refractivity contribution in [2.45, 2.75) is 51.3 Å². The maximum absolute atomic E-state index is 12.2. The van der Waals surface area contributed by atoms with Gasteiger partial charge < -0.3 is 9.29 Å². The van der Waals surface area contributed by atoms with E-state index in [-0.39, 0.29) is 10.8 Å². The van der Waals surface area contributed by atoms with Gasteiger partial charge in [0.05, 0.1) is 12.6 Å². The highest BCUT2D eigenvalue weighted by Gasteiger charge is 2.32. The SMILES string of the molecule is CCc1cnc2c(c1)C(N[S+]([O-])C(C)(C)C)CCO2. The van der Waals surface area contributed by atoms with Crippen LogP contribution in [0.5, 0.6) is 5.88 Å². The molecule has 0 spiro atoms. The molecule has 0 amide bonds. The van der Waals surface area contributed by atoms with Crippen molar-refractivity contribution in [1.29, 1.82) is 0 Å². The van der Waals surface area contributed by atoms with Crippen LogP contribution in [-0.2, 0) is 17.8 Å². The van der Waals surface area contributed by atoms with Crippen LogP contribution in [0.15, 0.2) is 12.3 Å². The van der Waals surface area contributed by atoms with Gasteiger partial charge >= 0.3 is 0 Å². The molecule has 106 valence electrons. The van der Waals surface area contributed by atoms with Gasteiger partial charge in [0.1, 0.15) is 4.75 Å². The molecule has 5 heteroatoms. The first-order valence-electron chi connectivity index (χ1n) is 6.71. The first kappa shape index (κ1) is 14.6. The van der Waals surface area contributed by atoms with E-state index >= 15 is 0 Å². The smallest absolute Gasteiger partial charge is 0.218 e. The summed E-state index contributed by atoms with van der Waals surface area (Å²) in [6, 6.07) is 2.17. The highest BCUT2D eigenvalue weighted by molar-refractivity contribution is 7.90. The molecule has 2 atom stereocenters. The molecule has 2 unspecified atom stereocenters. The Balaban J connectivity index is 2.21. The Hall–Kier alpha value is -0.780. The molecule has 1 aromatic heterocycles. The molecule has 0 aliphatic carbocycles. The van der Waals surface area contributed by atoms with Crippen LogP contribution in [-0.4, -0.2) is 20.9 Å². The van der Waals surface area contributed by atoms with Crippen LogP contribution in [0.3, 0.4) is 0 Å². The van der Waals surface area contributed by atoms with Crippen molar-refractivity contribution >= 4 is 11.4 Å². The molecule has 2 rings (SSSR count). The average Bonchev–Trinajstić information content (AvgIpc) is 2.37. The van der Waals surface area contributed by atoms with Crippen LogP contribution in [0, 0.1) is 0 Å². The lowest BCUT2D eigenvalue weighted by molar-refractivity contribution is 0.251. The Morgan fingerprint density at radius 3 is 2.89 bits per heavy atom. The Bertz CT molecular complexity index is 446. The Labute approximate surface area is 118 Å². The summed E-state index contributed by atoms with van der Waals surface area (Å²) in [6.45, 7) is 8.62. The van der Waals surface area contributed by atoms with E-state index in [0.717, 1.165) is 18.4 Å². The van der Waals surface area contributed by atoms with Gasteiger partial charge in [0.25, 0.3) is 0 Å². The number of ether oxygens (including phenoxy) is 1. The fraction of sp³-hybridized carbons (Fsp3) is 0.643. The van der Waals surface area contributed by atoms with E-state index < -0.39 is 11.4 Å². The predicted molar refractivity (Wildman–Crippen MR) is 77.5 cm³/mol. The number of aryl methyl sites for hydroxylation is 1. The Kier molecular flexibility index (Phi) is 4.38. The number of pyridine rings is 1. The fourth-order valence-electron chi connectivity index (χ4n) is 1.94. The summed E-state index contributed by atoms with van der Waals surface area (Å²) in [7, 11) is 0. The molecule has 0 bridgehead atoms. The van der Waals surface area contributed by atoms with Gasteiger partial charge in [-0.3, -0.25) is 0 Å². The van der Waals surface area contributed by atoms with Gasteiger partial charge in [0.15, 0.2) is 0 Å². The largest absolute Gasteiger partial charge is 0.598 e. The van der Waals surface area contributed by atoms with E-state index in [9.17, 15) is 4.55 Å². The lowest BCUT2D eigenvalue weighted by Gasteiger charge is -2.30. The number of hydrogen-bond acceptors (Lipinski definition) is 4. The van der Waals surface area contributed by atoms with Crippen LogP contribution in [0.2, 0.25) is 0 Å². The van der Waals surface area contributed by atoms with Crippen molar-refractivity contribution in [3.63, 3.8) is 0 Å². The minimum absolute atomic E-state index is 0.0582. The lowest BCUT2D eigenvalue weighted by Crippen LogP contribution is -2.42. The van der Waals surface area contributed by atoms with Crippen LogP contribution >= 0.6 is 0 Å². The highest BCUT2D eigenvalue weighted by Crippen LogP contribution is 2.32. The van der Waals surface area contributed by atoms with E-state index in [0.29, 0.717) is 12.5 Å². The zero-order valence-corrected chi connectivity index (χ0v) is 12.8. The molecule has 1 aromatic rings. The van der Waals surface area contributed by atoms with E-state index in [4.69, 9.17) is 4.74 Å². The second kappa shape index (κ2) is 5.69. The normalized spacial score (nSPS) is 20.6. The molecule has 19 heavy (non-hydrogen) atoms. The summed E-state index contributed by atoms with van der Waals surface area (Å²) < 4.78 is 20.8. The molecule has 0 saturated heterocycles. The van der Waals surface area contributed by atoms with Crippen LogP contribution in [0.1, 0.15) is 51.3 Å². The first-order chi connectivity index (χ1) is 8.91. The molecule has 0 fully saturated rings. The quantitative estimate of drug-likeness (QED) is 0.866. The molecular weight excluding hydrogens is 260 g/mol. The molecule has 0 aromatic carbocycles. The van der Waals surface area contributed by atoms with Crippen molar-refractivity contribution in [1.82, 2.24) is 9.71 Å². The van der Waals surface area contributed by atoms with Crippen LogP contribution < -0.4 is 9.46 Å². The van der Waals surface area contributed by atoms with Crippen LogP contribution in [0.25, 0.3) is 0 Å². The fourth-order valence-corrected chi connectivity index (χ4v) is 2.79. The highest BCUT2D eigenvalue weighted by atomic mass is 32.2. The second-order valence-corrected chi connectivity index (χ2v) is 7.78. The number of nitrogens with one attached hydrogen (secondary N) is 1. The van der Waals surface area contributed by atoms with Crippen molar-refractivity contribution < 1.29 is 9.29 Å². The van der Waals surface area contributed by atoms with Crippen molar-refractivity contribution in [3.05, 3.63) is 23.4 Å². The molecular formula is C14H22N2O2S.